The van der Waals surface area contributed by atoms with E-state index in [0.29, 0.717) is 45.1 Å². The summed E-state index contributed by atoms with van der Waals surface area (Å²) in [5.41, 5.74) is 2.08. The molecule has 0 aromatic heterocycles. The summed E-state index contributed by atoms with van der Waals surface area (Å²) in [6.07, 6.45) is 3.39. The Morgan fingerprint density at radius 2 is 1.37 bits per heavy atom. The molecule has 3 amide bonds. The molecule has 0 saturated carbocycles. The highest BCUT2D eigenvalue weighted by Gasteiger charge is 2.15. The summed E-state index contributed by atoms with van der Waals surface area (Å²) in [4.78, 5) is 60.3. The van der Waals surface area contributed by atoms with Gasteiger partial charge in [-0.2, -0.15) is 0 Å². The summed E-state index contributed by atoms with van der Waals surface area (Å²) >= 11 is 0. The lowest BCUT2D eigenvalue weighted by molar-refractivity contribution is -0.384. The van der Waals surface area contributed by atoms with Gasteiger partial charge >= 0.3 is 24.2 Å². The number of nitro groups is 1. The molecule has 0 heterocycles. The predicted octanol–water partition coefficient (Wildman–Crippen LogP) is 8.06. The van der Waals surface area contributed by atoms with Crippen LogP contribution in [0.1, 0.15) is 43.0 Å². The monoisotopic (exact) mass is 738 g/mol. The van der Waals surface area contributed by atoms with Crippen molar-refractivity contribution in [2.75, 3.05) is 22.6 Å². The quantitative estimate of drug-likeness (QED) is 0.0339. The summed E-state index contributed by atoms with van der Waals surface area (Å²) in [7, 11) is 0. The van der Waals surface area contributed by atoms with Crippen LogP contribution in [0.3, 0.4) is 0 Å². The lowest BCUT2D eigenvalue weighted by Gasteiger charge is -2.18. The topological polar surface area (TPSA) is 205 Å². The molecule has 15 nitrogen and oxygen atoms in total. The van der Waals surface area contributed by atoms with Crippen LogP contribution in [-0.4, -0.2) is 46.5 Å². The van der Waals surface area contributed by atoms with Crippen molar-refractivity contribution >= 4 is 59.2 Å². The van der Waals surface area contributed by atoms with Gasteiger partial charge in [-0.15, -0.1) is 0 Å². The summed E-state index contributed by atoms with van der Waals surface area (Å²) in [6.45, 7) is 4.58. The highest BCUT2D eigenvalue weighted by molar-refractivity contribution is 5.92. The molecule has 0 unspecified atom stereocenters. The Bertz CT molecular complexity index is 2020. The lowest BCUT2D eigenvalue weighted by atomic mass is 10.1. The van der Waals surface area contributed by atoms with Gasteiger partial charge in [0.25, 0.3) is 5.69 Å². The van der Waals surface area contributed by atoms with E-state index in [0.717, 1.165) is 0 Å². The first-order valence-electron chi connectivity index (χ1n) is 16.4. The molecule has 0 aliphatic heterocycles. The van der Waals surface area contributed by atoms with Crippen molar-refractivity contribution in [1.29, 1.82) is 0 Å². The molecule has 4 N–H and O–H groups in total. The van der Waals surface area contributed by atoms with Gasteiger partial charge in [0.1, 0.15) is 24.6 Å². The number of benzene rings is 4. The number of nitrogens with one attached hydrogen (secondary N) is 3. The molecule has 0 saturated heterocycles. The number of non-ortho nitro benzene ring substituents is 1. The third kappa shape index (κ3) is 13.3. The van der Waals surface area contributed by atoms with Crippen LogP contribution in [0.15, 0.2) is 103 Å². The van der Waals surface area contributed by atoms with Gasteiger partial charge in [-0.3, -0.25) is 26.1 Å². The number of esters is 1. The van der Waals surface area contributed by atoms with Gasteiger partial charge < -0.3 is 24.1 Å². The second-order valence-electron chi connectivity index (χ2n) is 12.3. The third-order valence-electron chi connectivity index (χ3n) is 6.95. The Morgan fingerprint density at radius 1 is 0.759 bits per heavy atom. The Hall–Kier alpha value is -7.00. The highest BCUT2D eigenvalue weighted by atomic mass is 16.6. The number of hydrogen-bond donors (Lipinski definition) is 4. The number of para-hydroxylation sites is 1. The smallest absolute Gasteiger partial charge is 0.417 e. The minimum absolute atomic E-state index is 0.130. The minimum atomic E-state index is -0.808. The molecule has 0 fully saturated rings. The van der Waals surface area contributed by atoms with E-state index < -0.39 is 34.8 Å². The standard InChI is InChI=1S/C39H38N4O11/c1-39(2,3)54-35(45)20-13-29-22-26(24-44)11-18-34(29)41-37(47)52-25-27-12-19-33(42-38(48)53-32-9-5-4-6-10-32)28(23-27)8-7-21-51-36(46)40-30-14-16-31(17-15-30)43(49)50/h4-20,22-23,44H,21,24-25H2,1-3H3,(H,40,46)(H,41,47)(H,42,48)/b8-7+,20-13+. The maximum absolute atomic E-state index is 12.9. The number of nitrogens with zero attached hydrogens (tertiary/aromatic N) is 1. The first-order chi connectivity index (χ1) is 25.8. The van der Waals surface area contributed by atoms with Crippen LogP contribution in [0.2, 0.25) is 0 Å². The maximum atomic E-state index is 12.9. The van der Waals surface area contributed by atoms with Crippen molar-refractivity contribution in [1.82, 2.24) is 0 Å². The SMILES string of the molecule is CC(C)(C)OC(=O)/C=C/c1cc(CO)ccc1NC(=O)OCc1ccc(NC(=O)Oc2ccccc2)c(/C=C/COC(=O)Nc2ccc([N+](=O)[O-])cc2)c1. The molecule has 4 rings (SSSR count). The summed E-state index contributed by atoms with van der Waals surface area (Å²) in [5, 5.41) is 28.2. The van der Waals surface area contributed by atoms with Crippen LogP contribution < -0.4 is 20.7 Å². The fourth-order valence-corrected chi connectivity index (χ4v) is 4.55. The van der Waals surface area contributed by atoms with E-state index in [9.17, 15) is 34.4 Å². The Morgan fingerprint density at radius 3 is 2.02 bits per heavy atom. The van der Waals surface area contributed by atoms with Gasteiger partial charge in [-0.1, -0.05) is 36.4 Å². The van der Waals surface area contributed by atoms with Crippen molar-refractivity contribution in [3.05, 3.63) is 136 Å². The Kier molecular flexibility index (Phi) is 14.0. The zero-order valence-electron chi connectivity index (χ0n) is 29.6. The molecule has 0 radical (unpaired) electrons. The summed E-state index contributed by atoms with van der Waals surface area (Å²) in [6, 6.07) is 23.3. The van der Waals surface area contributed by atoms with E-state index in [1.165, 1.54) is 42.5 Å². The van der Waals surface area contributed by atoms with Crippen molar-refractivity contribution < 1.29 is 48.2 Å². The van der Waals surface area contributed by atoms with Crippen molar-refractivity contribution in [3.63, 3.8) is 0 Å². The van der Waals surface area contributed by atoms with Crippen molar-refractivity contribution in [2.45, 2.75) is 39.6 Å². The summed E-state index contributed by atoms with van der Waals surface area (Å²) < 4.78 is 21.3. The number of aliphatic hydroxyl groups is 1. The molecule has 0 aliphatic carbocycles. The fourth-order valence-electron chi connectivity index (χ4n) is 4.55. The number of anilines is 3. The van der Waals surface area contributed by atoms with Crippen molar-refractivity contribution in [2.24, 2.45) is 0 Å². The molecule has 0 atom stereocenters. The molecule has 4 aromatic rings. The third-order valence-corrected chi connectivity index (χ3v) is 6.95. The second kappa shape index (κ2) is 19.0. The van der Waals surface area contributed by atoms with Crippen LogP contribution in [0, 0.1) is 10.1 Å². The largest absolute Gasteiger partial charge is 0.457 e. The predicted molar refractivity (Wildman–Crippen MR) is 201 cm³/mol. The maximum Gasteiger partial charge on any atom is 0.417 e. The van der Waals surface area contributed by atoms with Gasteiger partial charge in [0, 0.05) is 23.9 Å². The lowest BCUT2D eigenvalue weighted by Crippen LogP contribution is -2.22. The highest BCUT2D eigenvalue weighted by Crippen LogP contribution is 2.23. The molecule has 0 aliphatic rings. The zero-order chi connectivity index (χ0) is 39.1. The van der Waals surface area contributed by atoms with E-state index in [1.54, 1.807) is 93.6 Å². The first kappa shape index (κ1) is 39.8. The number of carbonyl (C=O) groups is 4. The van der Waals surface area contributed by atoms with Gasteiger partial charge in [-0.05, 0) is 104 Å². The Labute approximate surface area is 310 Å². The zero-order valence-corrected chi connectivity index (χ0v) is 29.6. The summed E-state index contributed by atoms with van der Waals surface area (Å²) in [5.74, 6) is -0.260. The van der Waals surface area contributed by atoms with Gasteiger partial charge in [0.2, 0.25) is 0 Å². The molecule has 4 aromatic carbocycles. The fraction of sp³-hybridized carbons (Fsp3) is 0.179. The number of ether oxygens (including phenoxy) is 4. The van der Waals surface area contributed by atoms with E-state index in [1.807, 2.05) is 0 Å². The van der Waals surface area contributed by atoms with Gasteiger partial charge in [-0.25, -0.2) is 19.2 Å². The van der Waals surface area contributed by atoms with Gasteiger partial charge in [0.05, 0.1) is 22.9 Å². The number of amides is 3. The van der Waals surface area contributed by atoms with E-state index in [2.05, 4.69) is 16.0 Å². The number of nitro benzene ring substituents is 1. The molecule has 0 bridgehead atoms. The minimum Gasteiger partial charge on any atom is -0.457 e. The van der Waals surface area contributed by atoms with Crippen LogP contribution in [0.5, 0.6) is 5.75 Å². The first-order valence-corrected chi connectivity index (χ1v) is 16.4. The van der Waals surface area contributed by atoms with Crippen LogP contribution in [-0.2, 0) is 32.2 Å². The molecule has 0 spiro atoms. The number of rotatable bonds is 13. The van der Waals surface area contributed by atoms with Crippen molar-refractivity contribution in [3.8, 4) is 5.75 Å². The van der Waals surface area contributed by atoms with E-state index in [-0.39, 0.29) is 25.5 Å². The van der Waals surface area contributed by atoms with Gasteiger partial charge in [0.15, 0.2) is 0 Å². The van der Waals surface area contributed by atoms with Crippen LogP contribution >= 0.6 is 0 Å². The normalized spacial score (nSPS) is 11.1. The molecular weight excluding hydrogens is 700 g/mol. The molecule has 54 heavy (non-hydrogen) atoms. The Balaban J connectivity index is 1.43. The molecule has 280 valence electrons. The average molecular weight is 739 g/mol. The van der Waals surface area contributed by atoms with Crippen LogP contribution in [0.25, 0.3) is 12.2 Å². The second-order valence-corrected chi connectivity index (χ2v) is 12.3. The average Bonchev–Trinajstić information content (AvgIpc) is 3.12. The van der Waals surface area contributed by atoms with E-state index in [4.69, 9.17) is 18.9 Å². The number of hydrogen-bond acceptors (Lipinski definition) is 11. The number of aliphatic hydroxyl groups excluding tert-OH is 1. The van der Waals surface area contributed by atoms with Crippen LogP contribution in [0.4, 0.5) is 37.1 Å². The van der Waals surface area contributed by atoms with E-state index >= 15 is 0 Å². The number of carbonyl (C=O) groups excluding carboxylic acids is 4. The molecular formula is C39H38N4O11. The molecule has 15 heteroatoms.